The Morgan fingerprint density at radius 3 is 0.719 bits per heavy atom. The van der Waals surface area contributed by atoms with Crippen LogP contribution in [-0.4, -0.2) is 102 Å². The Bertz CT molecular complexity index is 504. The number of carboxylic acids is 5. The zero-order valence-corrected chi connectivity index (χ0v) is 17.2. The van der Waals surface area contributed by atoms with Gasteiger partial charge >= 0.3 is 29.8 Å². The molecule has 0 saturated heterocycles. The molecule has 0 aliphatic carbocycles. The third-order valence-corrected chi connectivity index (χ3v) is 2.42. The van der Waals surface area contributed by atoms with Crippen LogP contribution in [0.2, 0.25) is 0 Å². The van der Waals surface area contributed by atoms with Crippen LogP contribution in [0.5, 0.6) is 0 Å². The second kappa shape index (κ2) is 27.4. The number of aliphatic hydroxyl groups excluding tert-OH is 4. The number of hydrogen-bond donors (Lipinski definition) is 9. The fourth-order valence-electron chi connectivity index (χ4n) is 0.514. The van der Waals surface area contributed by atoms with E-state index in [9.17, 15) is 24.0 Å². The Morgan fingerprint density at radius 1 is 0.531 bits per heavy atom. The van der Waals surface area contributed by atoms with E-state index in [2.05, 4.69) is 19.7 Å². The molecule has 14 heteroatoms. The van der Waals surface area contributed by atoms with Gasteiger partial charge in [0.05, 0.1) is 44.7 Å². The van der Waals surface area contributed by atoms with Crippen molar-refractivity contribution in [2.75, 3.05) is 26.4 Å². The van der Waals surface area contributed by atoms with Crippen LogP contribution in [0.25, 0.3) is 0 Å². The van der Waals surface area contributed by atoms with Crippen LogP contribution in [0.4, 0.5) is 0 Å². The van der Waals surface area contributed by atoms with E-state index in [0.717, 1.165) is 18.2 Å². The number of rotatable bonds is 10. The summed E-state index contributed by atoms with van der Waals surface area (Å²) in [6.45, 7) is 7.26. The molecule has 0 aliphatic heterocycles. The van der Waals surface area contributed by atoms with Gasteiger partial charge in [-0.1, -0.05) is 19.7 Å². The molecule has 0 heterocycles. The van der Waals surface area contributed by atoms with Gasteiger partial charge in [0.1, 0.15) is 0 Å². The van der Waals surface area contributed by atoms with E-state index in [1.54, 1.807) is 0 Å². The molecule has 14 nitrogen and oxygen atoms in total. The highest BCUT2D eigenvalue weighted by Gasteiger charge is 2.26. The monoisotopic (exact) mass is 470 g/mol. The van der Waals surface area contributed by atoms with E-state index in [0.29, 0.717) is 0 Å². The Balaban J connectivity index is -0.0000000976. The number of hydrogen-bond acceptors (Lipinski definition) is 9. The highest BCUT2D eigenvalue weighted by atomic mass is 16.4. The fourth-order valence-corrected chi connectivity index (χ4v) is 0.514. The summed E-state index contributed by atoms with van der Waals surface area (Å²) < 4.78 is 0. The lowest BCUT2D eigenvalue weighted by atomic mass is 9.93. The summed E-state index contributed by atoms with van der Waals surface area (Å²) >= 11 is 0. The van der Waals surface area contributed by atoms with Crippen molar-refractivity contribution in [3.8, 4) is 0 Å². The first-order valence-corrected chi connectivity index (χ1v) is 8.12. The molecular formula is C18H30O14. The van der Waals surface area contributed by atoms with Crippen molar-refractivity contribution < 1.29 is 69.9 Å². The third kappa shape index (κ3) is 45.3. The van der Waals surface area contributed by atoms with Crippen LogP contribution in [0.3, 0.4) is 0 Å². The second-order valence-electron chi connectivity index (χ2n) is 5.05. The number of aliphatic carboxylic acids is 5. The molecule has 0 aromatic carbocycles. The van der Waals surface area contributed by atoms with Gasteiger partial charge in [-0.2, -0.15) is 0 Å². The van der Waals surface area contributed by atoms with E-state index >= 15 is 0 Å². The van der Waals surface area contributed by atoms with Gasteiger partial charge in [-0.15, -0.1) is 0 Å². The lowest BCUT2D eigenvalue weighted by molar-refractivity contribution is -0.143. The molecule has 0 unspecified atom stereocenters. The standard InChI is InChI=1S/C5H12O4.C4H6O4.3C3H4O2/c6-1-5(2-7,3-8)4-9;5-3(6)1-2-4(7)8;3*1-2-3(4)5/h6-9H,1-4H2;1-2H2,(H,5,6)(H,7,8);3*2H,1H2,(H,4,5). The molecule has 0 atom stereocenters. The van der Waals surface area contributed by atoms with Crippen molar-refractivity contribution in [1.29, 1.82) is 0 Å². The highest BCUT2D eigenvalue weighted by Crippen LogP contribution is 2.11. The van der Waals surface area contributed by atoms with E-state index in [1.165, 1.54) is 0 Å². The summed E-state index contributed by atoms with van der Waals surface area (Å²) in [7, 11) is 0. The third-order valence-electron chi connectivity index (χ3n) is 2.42. The van der Waals surface area contributed by atoms with Crippen molar-refractivity contribution in [2.45, 2.75) is 12.8 Å². The van der Waals surface area contributed by atoms with Crippen LogP contribution in [-0.2, 0) is 24.0 Å². The molecule has 32 heavy (non-hydrogen) atoms. The van der Waals surface area contributed by atoms with Crippen molar-refractivity contribution in [2.24, 2.45) is 5.41 Å². The molecule has 0 bridgehead atoms. The number of aliphatic hydroxyl groups is 4. The highest BCUT2D eigenvalue weighted by molar-refractivity contribution is 5.79. The number of carbonyl (C=O) groups is 5. The molecule has 0 aromatic rings. The summed E-state index contributed by atoms with van der Waals surface area (Å²) in [5.41, 5.74) is -1.11. The van der Waals surface area contributed by atoms with Gasteiger partial charge in [-0.25, -0.2) is 14.4 Å². The molecule has 0 saturated carbocycles. The molecule has 0 fully saturated rings. The van der Waals surface area contributed by atoms with E-state index in [1.807, 2.05) is 0 Å². The Hall–Kier alpha value is -3.59. The van der Waals surface area contributed by atoms with E-state index in [4.69, 9.17) is 46.0 Å². The summed E-state index contributed by atoms with van der Waals surface area (Å²) in [6.07, 6.45) is 1.91. The second-order valence-corrected chi connectivity index (χ2v) is 5.05. The minimum Gasteiger partial charge on any atom is -0.481 e. The average molecular weight is 470 g/mol. The van der Waals surface area contributed by atoms with Crippen LogP contribution in [0, 0.1) is 5.41 Å². The quantitative estimate of drug-likeness (QED) is 0.167. The van der Waals surface area contributed by atoms with Gasteiger partial charge in [0.15, 0.2) is 0 Å². The molecule has 0 aliphatic rings. The first kappa shape index (κ1) is 38.9. The minimum absolute atomic E-state index is 0.296. The van der Waals surface area contributed by atoms with Gasteiger partial charge in [0, 0.05) is 18.2 Å². The number of carboxylic acid groups (broad SMARTS) is 5. The molecule has 0 spiro atoms. The van der Waals surface area contributed by atoms with Crippen LogP contribution in [0.1, 0.15) is 12.8 Å². The zero-order chi connectivity index (χ0) is 26.8. The van der Waals surface area contributed by atoms with Crippen LogP contribution >= 0.6 is 0 Å². The molecule has 0 amide bonds. The van der Waals surface area contributed by atoms with Gasteiger partial charge in [0.2, 0.25) is 0 Å². The van der Waals surface area contributed by atoms with Gasteiger partial charge in [0.25, 0.3) is 0 Å². The molecule has 0 radical (unpaired) electrons. The van der Waals surface area contributed by atoms with Crippen molar-refractivity contribution in [3.63, 3.8) is 0 Å². The summed E-state index contributed by atoms with van der Waals surface area (Å²) in [4.78, 5) is 47.0. The van der Waals surface area contributed by atoms with E-state index < -0.39 is 61.7 Å². The summed E-state index contributed by atoms with van der Waals surface area (Å²) in [5, 5.41) is 72.6. The molecule has 0 aromatic heterocycles. The van der Waals surface area contributed by atoms with Crippen LogP contribution < -0.4 is 0 Å². The van der Waals surface area contributed by atoms with Crippen molar-refractivity contribution in [1.82, 2.24) is 0 Å². The van der Waals surface area contributed by atoms with Crippen molar-refractivity contribution in [3.05, 3.63) is 38.0 Å². The average Bonchev–Trinajstić information content (AvgIpc) is 2.76. The fraction of sp³-hybridized carbons (Fsp3) is 0.389. The topological polar surface area (TPSA) is 267 Å². The lowest BCUT2D eigenvalue weighted by Gasteiger charge is -2.23. The smallest absolute Gasteiger partial charge is 0.327 e. The predicted molar refractivity (Wildman–Crippen MR) is 109 cm³/mol. The molecular weight excluding hydrogens is 440 g/mol. The molecule has 186 valence electrons. The first-order valence-electron chi connectivity index (χ1n) is 8.12. The van der Waals surface area contributed by atoms with Crippen molar-refractivity contribution >= 4 is 29.8 Å². The Kier molecular flexibility index (Phi) is 33.4. The normalized spacial score (nSPS) is 8.50. The van der Waals surface area contributed by atoms with Crippen LogP contribution in [0.15, 0.2) is 38.0 Å². The summed E-state index contributed by atoms with van der Waals surface area (Å²) in [5.74, 6) is -5.10. The summed E-state index contributed by atoms with van der Waals surface area (Å²) in [6, 6.07) is 0. The first-order chi connectivity index (χ1) is 14.7. The van der Waals surface area contributed by atoms with Gasteiger partial charge < -0.3 is 46.0 Å². The zero-order valence-electron chi connectivity index (χ0n) is 17.2. The maximum Gasteiger partial charge on any atom is 0.327 e. The maximum absolute atomic E-state index is 9.64. The van der Waals surface area contributed by atoms with Gasteiger partial charge in [-0.05, 0) is 0 Å². The SMILES string of the molecule is C=CC(=O)O.C=CC(=O)O.C=CC(=O)O.O=C(O)CCC(=O)O.OCC(CO)(CO)CO. The molecule has 0 rings (SSSR count). The minimum atomic E-state index is -1.11. The van der Waals surface area contributed by atoms with E-state index in [-0.39, 0.29) is 12.8 Å². The lowest BCUT2D eigenvalue weighted by Crippen LogP contribution is -2.37. The molecule has 9 N–H and O–H groups in total. The Labute approximate surface area is 183 Å². The Morgan fingerprint density at radius 2 is 0.688 bits per heavy atom. The predicted octanol–water partition coefficient (Wildman–Crippen LogP) is -1.35. The maximum atomic E-state index is 9.64. The van der Waals surface area contributed by atoms with Gasteiger partial charge in [-0.3, -0.25) is 9.59 Å². The largest absolute Gasteiger partial charge is 0.481 e.